The molecule has 0 atom stereocenters. The average molecular weight is 224 g/mol. The molecule has 1 rings (SSSR count). The predicted octanol–water partition coefficient (Wildman–Crippen LogP) is 0.787. The van der Waals surface area contributed by atoms with Crippen molar-refractivity contribution >= 4 is 6.01 Å². The Bertz CT molecular complexity index is 311. The highest BCUT2D eigenvalue weighted by atomic mass is 19.4. The third-order valence-corrected chi connectivity index (χ3v) is 1.53. The molecule has 0 aliphatic heterocycles. The van der Waals surface area contributed by atoms with Crippen molar-refractivity contribution in [2.45, 2.75) is 12.7 Å². The molecule has 0 saturated heterocycles. The van der Waals surface area contributed by atoms with Gasteiger partial charge in [-0.05, 0) is 7.05 Å². The topological polar surface area (TPSA) is 54.2 Å². The number of anilines is 1. The van der Waals surface area contributed by atoms with Gasteiger partial charge < -0.3 is 14.6 Å². The van der Waals surface area contributed by atoms with Gasteiger partial charge in [0.2, 0.25) is 5.89 Å². The zero-order valence-corrected chi connectivity index (χ0v) is 8.30. The SMILES string of the molecule is CNCc1nnc(N(C)CC(F)(F)F)o1. The van der Waals surface area contributed by atoms with Crippen molar-refractivity contribution in [2.24, 2.45) is 0 Å². The number of alkyl halides is 3. The molecule has 1 N–H and O–H groups in total. The molecular formula is C7H11F3N4O. The number of nitrogens with one attached hydrogen (secondary N) is 1. The monoisotopic (exact) mass is 224 g/mol. The van der Waals surface area contributed by atoms with Crippen LogP contribution in [0.15, 0.2) is 4.42 Å². The lowest BCUT2D eigenvalue weighted by molar-refractivity contribution is -0.119. The van der Waals surface area contributed by atoms with Gasteiger partial charge in [0.1, 0.15) is 6.54 Å². The van der Waals surface area contributed by atoms with E-state index < -0.39 is 12.7 Å². The number of hydrogen-bond acceptors (Lipinski definition) is 5. The van der Waals surface area contributed by atoms with Crippen LogP contribution in [0, 0.1) is 0 Å². The molecule has 0 fully saturated rings. The van der Waals surface area contributed by atoms with Crippen LogP contribution < -0.4 is 10.2 Å². The summed E-state index contributed by atoms with van der Waals surface area (Å²) in [7, 11) is 2.91. The minimum atomic E-state index is -4.29. The van der Waals surface area contributed by atoms with Crippen LogP contribution >= 0.6 is 0 Å². The van der Waals surface area contributed by atoms with Crippen molar-refractivity contribution < 1.29 is 17.6 Å². The zero-order valence-electron chi connectivity index (χ0n) is 8.30. The highest BCUT2D eigenvalue weighted by molar-refractivity contribution is 5.22. The Kier molecular flexibility index (Phi) is 3.51. The fraction of sp³-hybridized carbons (Fsp3) is 0.714. The Morgan fingerprint density at radius 2 is 2.07 bits per heavy atom. The molecule has 0 spiro atoms. The first-order chi connectivity index (χ1) is 6.92. The summed E-state index contributed by atoms with van der Waals surface area (Å²) in [5.74, 6) is 0.251. The lowest BCUT2D eigenvalue weighted by Crippen LogP contribution is -2.31. The first-order valence-electron chi connectivity index (χ1n) is 4.17. The van der Waals surface area contributed by atoms with Crippen LogP contribution in [0.25, 0.3) is 0 Å². The molecule has 0 aliphatic rings. The maximum atomic E-state index is 12.0. The van der Waals surface area contributed by atoms with Crippen LogP contribution in [0.3, 0.4) is 0 Å². The van der Waals surface area contributed by atoms with Gasteiger partial charge in [-0.3, -0.25) is 0 Å². The summed E-state index contributed by atoms with van der Waals surface area (Å²) in [4.78, 5) is 0.853. The molecule has 0 unspecified atom stereocenters. The van der Waals surface area contributed by atoms with Crippen molar-refractivity contribution in [1.82, 2.24) is 15.5 Å². The normalized spacial score (nSPS) is 11.8. The van der Waals surface area contributed by atoms with E-state index in [4.69, 9.17) is 4.42 Å². The summed E-state index contributed by atoms with van der Waals surface area (Å²) >= 11 is 0. The number of nitrogens with zero attached hydrogens (tertiary/aromatic N) is 3. The minimum absolute atomic E-state index is 0.141. The molecule has 1 heterocycles. The van der Waals surface area contributed by atoms with E-state index in [2.05, 4.69) is 15.5 Å². The third-order valence-electron chi connectivity index (χ3n) is 1.53. The third kappa shape index (κ3) is 3.74. The Hall–Kier alpha value is -1.31. The summed E-state index contributed by atoms with van der Waals surface area (Å²) in [6, 6.07) is -0.141. The molecule has 15 heavy (non-hydrogen) atoms. The van der Waals surface area contributed by atoms with Crippen molar-refractivity contribution in [3.05, 3.63) is 5.89 Å². The summed E-state index contributed by atoms with van der Waals surface area (Å²) in [5.41, 5.74) is 0. The van der Waals surface area contributed by atoms with Crippen LogP contribution in [-0.4, -0.2) is 37.0 Å². The van der Waals surface area contributed by atoms with E-state index in [1.165, 1.54) is 7.05 Å². The molecule has 0 saturated carbocycles. The van der Waals surface area contributed by atoms with E-state index in [9.17, 15) is 13.2 Å². The average Bonchev–Trinajstić information content (AvgIpc) is 2.50. The minimum Gasteiger partial charge on any atom is -0.407 e. The van der Waals surface area contributed by atoms with E-state index in [-0.39, 0.29) is 11.9 Å². The van der Waals surface area contributed by atoms with Crippen LogP contribution in [0.2, 0.25) is 0 Å². The largest absolute Gasteiger partial charge is 0.407 e. The second-order valence-corrected chi connectivity index (χ2v) is 2.98. The number of hydrogen-bond donors (Lipinski definition) is 1. The molecule has 0 amide bonds. The first kappa shape index (κ1) is 11.8. The maximum Gasteiger partial charge on any atom is 0.406 e. The van der Waals surface area contributed by atoms with Gasteiger partial charge in [-0.15, -0.1) is 5.10 Å². The van der Waals surface area contributed by atoms with E-state index in [1.807, 2.05) is 0 Å². The second kappa shape index (κ2) is 4.47. The maximum absolute atomic E-state index is 12.0. The smallest absolute Gasteiger partial charge is 0.406 e. The number of rotatable bonds is 4. The lowest BCUT2D eigenvalue weighted by Gasteiger charge is -2.15. The van der Waals surface area contributed by atoms with E-state index in [1.54, 1.807) is 7.05 Å². The van der Waals surface area contributed by atoms with Gasteiger partial charge in [0.15, 0.2) is 0 Å². The predicted molar refractivity (Wildman–Crippen MR) is 46.4 cm³/mol. The second-order valence-electron chi connectivity index (χ2n) is 2.98. The number of halogens is 3. The van der Waals surface area contributed by atoms with Crippen LogP contribution in [0.1, 0.15) is 5.89 Å². The fourth-order valence-corrected chi connectivity index (χ4v) is 0.958. The lowest BCUT2D eigenvalue weighted by atomic mass is 10.6. The van der Waals surface area contributed by atoms with E-state index in [0.29, 0.717) is 6.54 Å². The molecule has 0 radical (unpaired) electrons. The van der Waals surface area contributed by atoms with Gasteiger partial charge in [0.05, 0.1) is 6.54 Å². The molecule has 0 bridgehead atoms. The summed E-state index contributed by atoms with van der Waals surface area (Å²) < 4.78 is 41.0. The van der Waals surface area contributed by atoms with Gasteiger partial charge in [0.25, 0.3) is 0 Å². The van der Waals surface area contributed by atoms with Crippen LogP contribution in [0.4, 0.5) is 19.2 Å². The Morgan fingerprint density at radius 3 is 2.60 bits per heavy atom. The quantitative estimate of drug-likeness (QED) is 0.819. The molecular weight excluding hydrogens is 213 g/mol. The molecule has 1 aromatic heterocycles. The van der Waals surface area contributed by atoms with Crippen molar-refractivity contribution in [3.63, 3.8) is 0 Å². The van der Waals surface area contributed by atoms with Crippen LogP contribution in [-0.2, 0) is 6.54 Å². The molecule has 86 valence electrons. The molecule has 0 aliphatic carbocycles. The highest BCUT2D eigenvalue weighted by Gasteiger charge is 2.31. The number of aromatic nitrogens is 2. The molecule has 5 nitrogen and oxygen atoms in total. The van der Waals surface area contributed by atoms with Crippen molar-refractivity contribution in [2.75, 3.05) is 25.5 Å². The highest BCUT2D eigenvalue weighted by Crippen LogP contribution is 2.19. The molecule has 1 aromatic rings. The Balaban J connectivity index is 2.61. The summed E-state index contributed by atoms with van der Waals surface area (Å²) in [5, 5.41) is 9.80. The Labute approximate surface area is 84.3 Å². The standard InChI is InChI=1S/C7H11F3N4O/c1-11-3-5-12-13-6(15-5)14(2)4-7(8,9)10/h11H,3-4H2,1-2H3. The van der Waals surface area contributed by atoms with Gasteiger partial charge in [-0.2, -0.15) is 13.2 Å². The first-order valence-corrected chi connectivity index (χ1v) is 4.17. The molecule has 8 heteroatoms. The van der Waals surface area contributed by atoms with Gasteiger partial charge in [-0.1, -0.05) is 5.10 Å². The molecule has 0 aromatic carbocycles. The van der Waals surface area contributed by atoms with E-state index >= 15 is 0 Å². The fourth-order valence-electron chi connectivity index (χ4n) is 0.958. The zero-order chi connectivity index (χ0) is 11.5. The van der Waals surface area contributed by atoms with Crippen molar-refractivity contribution in [1.29, 1.82) is 0 Å². The van der Waals surface area contributed by atoms with Gasteiger partial charge in [0, 0.05) is 7.05 Å². The van der Waals surface area contributed by atoms with Gasteiger partial charge >= 0.3 is 12.2 Å². The van der Waals surface area contributed by atoms with E-state index in [0.717, 1.165) is 4.90 Å². The summed E-state index contributed by atoms with van der Waals surface area (Å²) in [6.07, 6.45) is -4.29. The van der Waals surface area contributed by atoms with Gasteiger partial charge in [-0.25, -0.2) is 0 Å². The summed E-state index contributed by atoms with van der Waals surface area (Å²) in [6.45, 7) is -0.791. The Morgan fingerprint density at radius 1 is 1.40 bits per heavy atom. The van der Waals surface area contributed by atoms with Crippen molar-refractivity contribution in [3.8, 4) is 0 Å². The van der Waals surface area contributed by atoms with Crippen LogP contribution in [0.5, 0.6) is 0 Å².